The van der Waals surface area contributed by atoms with Crippen LogP contribution in [0.15, 0.2) is 18.2 Å². The van der Waals surface area contributed by atoms with Crippen LogP contribution in [0.5, 0.6) is 11.5 Å². The van der Waals surface area contributed by atoms with Crippen LogP contribution in [-0.2, 0) is 9.53 Å². The summed E-state index contributed by atoms with van der Waals surface area (Å²) in [6.07, 6.45) is 2.55. The van der Waals surface area contributed by atoms with Crippen molar-refractivity contribution in [2.75, 3.05) is 13.7 Å². The van der Waals surface area contributed by atoms with Gasteiger partial charge in [0.05, 0.1) is 26.2 Å². The third-order valence-corrected chi connectivity index (χ3v) is 4.45. The average Bonchev–Trinajstić information content (AvgIpc) is 2.51. The molecule has 1 unspecified atom stereocenters. The molecular formula is C17H22O5. The monoisotopic (exact) mass is 306 g/mol. The molecule has 5 nitrogen and oxygen atoms in total. The van der Waals surface area contributed by atoms with Gasteiger partial charge < -0.3 is 19.3 Å². The maximum Gasteiger partial charge on any atom is 0.308 e. The van der Waals surface area contributed by atoms with Crippen molar-refractivity contribution in [3.8, 4) is 11.5 Å². The second-order valence-electron chi connectivity index (χ2n) is 6.02. The van der Waals surface area contributed by atoms with Crippen molar-refractivity contribution in [2.45, 2.75) is 50.2 Å². The minimum atomic E-state index is -0.562. The van der Waals surface area contributed by atoms with Gasteiger partial charge in [-0.3, -0.25) is 4.79 Å². The number of esters is 1. The highest BCUT2D eigenvalue weighted by atomic mass is 16.5. The number of ether oxygens (including phenoxy) is 3. The molecule has 1 aromatic rings. The van der Waals surface area contributed by atoms with Crippen LogP contribution in [0.25, 0.3) is 0 Å². The highest BCUT2D eigenvalue weighted by Crippen LogP contribution is 2.39. The van der Waals surface area contributed by atoms with Crippen molar-refractivity contribution in [3.05, 3.63) is 23.8 Å². The van der Waals surface area contributed by atoms with E-state index in [-0.39, 0.29) is 18.5 Å². The first-order valence-electron chi connectivity index (χ1n) is 7.84. The molecule has 2 aliphatic heterocycles. The number of hydrogen-bond acceptors (Lipinski definition) is 5. The Hall–Kier alpha value is -1.75. The summed E-state index contributed by atoms with van der Waals surface area (Å²) in [5.41, 5.74) is 1.16. The zero-order chi connectivity index (χ0) is 15.5. The first-order valence-corrected chi connectivity index (χ1v) is 7.84. The van der Waals surface area contributed by atoms with Gasteiger partial charge in [0.15, 0.2) is 0 Å². The molecule has 1 N–H and O–H groups in total. The molecule has 1 fully saturated rings. The van der Waals surface area contributed by atoms with E-state index in [9.17, 15) is 9.90 Å². The largest absolute Gasteiger partial charge is 0.497 e. The summed E-state index contributed by atoms with van der Waals surface area (Å²) in [5.74, 6) is 1.82. The van der Waals surface area contributed by atoms with Gasteiger partial charge in [0, 0.05) is 12.0 Å². The van der Waals surface area contributed by atoms with Gasteiger partial charge in [-0.1, -0.05) is 0 Å². The molecule has 2 aliphatic rings. The summed E-state index contributed by atoms with van der Waals surface area (Å²) in [4.78, 5) is 11.4. The molecule has 0 saturated carbocycles. The fraction of sp³-hybridized carbons (Fsp3) is 0.588. The van der Waals surface area contributed by atoms with Crippen LogP contribution >= 0.6 is 0 Å². The normalized spacial score (nSPS) is 27.5. The lowest BCUT2D eigenvalue weighted by molar-refractivity contribution is -0.160. The van der Waals surface area contributed by atoms with Crippen molar-refractivity contribution in [1.29, 1.82) is 0 Å². The second-order valence-corrected chi connectivity index (χ2v) is 6.02. The lowest BCUT2D eigenvalue weighted by atomic mass is 9.87. The zero-order valence-corrected chi connectivity index (χ0v) is 12.8. The molecule has 0 bridgehead atoms. The Balaban J connectivity index is 1.65. The molecule has 3 rings (SSSR count). The number of cyclic esters (lactones) is 1. The molecule has 1 aromatic carbocycles. The Morgan fingerprint density at radius 3 is 3.00 bits per heavy atom. The number of methoxy groups -OCH3 is 1. The number of benzene rings is 1. The number of aliphatic hydroxyl groups excluding tert-OH is 1. The molecule has 0 spiro atoms. The van der Waals surface area contributed by atoms with E-state index in [0.717, 1.165) is 36.3 Å². The molecule has 2 heterocycles. The van der Waals surface area contributed by atoms with E-state index >= 15 is 0 Å². The Morgan fingerprint density at radius 2 is 2.23 bits per heavy atom. The molecule has 22 heavy (non-hydrogen) atoms. The van der Waals surface area contributed by atoms with Crippen molar-refractivity contribution in [2.24, 2.45) is 0 Å². The fourth-order valence-electron chi connectivity index (χ4n) is 3.30. The predicted molar refractivity (Wildman–Crippen MR) is 80.2 cm³/mol. The maximum absolute atomic E-state index is 11.4. The van der Waals surface area contributed by atoms with Gasteiger partial charge >= 0.3 is 5.97 Å². The predicted octanol–water partition coefficient (Wildman–Crippen LogP) is 2.41. The van der Waals surface area contributed by atoms with Gasteiger partial charge in [-0.15, -0.1) is 0 Å². The van der Waals surface area contributed by atoms with E-state index in [4.69, 9.17) is 14.2 Å². The van der Waals surface area contributed by atoms with E-state index < -0.39 is 6.10 Å². The van der Waals surface area contributed by atoms with Crippen molar-refractivity contribution in [3.63, 3.8) is 0 Å². The third-order valence-electron chi connectivity index (χ3n) is 4.45. The maximum atomic E-state index is 11.4. The highest BCUT2D eigenvalue weighted by Gasteiger charge is 2.29. The lowest BCUT2D eigenvalue weighted by Crippen LogP contribution is -2.32. The zero-order valence-electron chi connectivity index (χ0n) is 12.8. The summed E-state index contributed by atoms with van der Waals surface area (Å²) in [7, 11) is 1.66. The van der Waals surface area contributed by atoms with Crippen LogP contribution in [-0.4, -0.2) is 37.0 Å². The van der Waals surface area contributed by atoms with E-state index in [2.05, 4.69) is 0 Å². The van der Waals surface area contributed by atoms with Gasteiger partial charge in [-0.25, -0.2) is 0 Å². The molecule has 3 atom stereocenters. The molecule has 0 aliphatic carbocycles. The summed E-state index contributed by atoms with van der Waals surface area (Å²) in [5, 5.41) is 9.68. The smallest absolute Gasteiger partial charge is 0.308 e. The summed E-state index contributed by atoms with van der Waals surface area (Å²) < 4.78 is 16.3. The van der Waals surface area contributed by atoms with Crippen LogP contribution in [0.3, 0.4) is 0 Å². The van der Waals surface area contributed by atoms with Crippen LogP contribution in [0.1, 0.15) is 43.6 Å². The number of aliphatic hydroxyl groups is 1. The second kappa shape index (κ2) is 6.57. The molecule has 120 valence electrons. The minimum absolute atomic E-state index is 0.119. The number of carbonyl (C=O) groups is 1. The van der Waals surface area contributed by atoms with Gasteiger partial charge in [-0.05, 0) is 43.4 Å². The first-order chi connectivity index (χ1) is 10.7. The van der Waals surface area contributed by atoms with Gasteiger partial charge in [0.1, 0.15) is 17.6 Å². The van der Waals surface area contributed by atoms with Gasteiger partial charge in [-0.2, -0.15) is 0 Å². The summed E-state index contributed by atoms with van der Waals surface area (Å²) >= 11 is 0. The molecular weight excluding hydrogens is 284 g/mol. The van der Waals surface area contributed by atoms with Crippen LogP contribution in [0, 0.1) is 0 Å². The minimum Gasteiger partial charge on any atom is -0.497 e. The van der Waals surface area contributed by atoms with E-state index in [1.54, 1.807) is 7.11 Å². The number of rotatable bonds is 4. The van der Waals surface area contributed by atoms with Gasteiger partial charge in [0.2, 0.25) is 0 Å². The lowest BCUT2D eigenvalue weighted by Gasteiger charge is -2.30. The van der Waals surface area contributed by atoms with Crippen molar-refractivity contribution < 1.29 is 24.1 Å². The molecule has 1 saturated heterocycles. The van der Waals surface area contributed by atoms with E-state index in [1.807, 2.05) is 18.2 Å². The molecule has 0 amide bonds. The van der Waals surface area contributed by atoms with E-state index in [1.165, 1.54) is 0 Å². The van der Waals surface area contributed by atoms with Crippen LogP contribution in [0.4, 0.5) is 0 Å². The molecule has 0 radical (unpaired) electrons. The quantitative estimate of drug-likeness (QED) is 0.865. The van der Waals surface area contributed by atoms with Gasteiger partial charge in [0.25, 0.3) is 0 Å². The topological polar surface area (TPSA) is 65.0 Å². The van der Waals surface area contributed by atoms with Crippen molar-refractivity contribution >= 4 is 5.97 Å². The standard InChI is InChI=1S/C17H22O5/c1-20-13-4-5-16-15(10-13)11(6-7-21-16)2-3-14-8-12(18)9-17(19)22-14/h4-5,10-12,14,18H,2-3,6-9H2,1H3/t11?,12-,14-/m1/s1. The SMILES string of the molecule is COc1ccc2c(c1)C(CC[C@@H]1C[C@@H](O)CC(=O)O1)CCO2. The molecule has 0 aromatic heterocycles. The first kappa shape index (κ1) is 15.2. The number of carbonyl (C=O) groups excluding carboxylic acids is 1. The Morgan fingerprint density at radius 1 is 1.36 bits per heavy atom. The fourth-order valence-corrected chi connectivity index (χ4v) is 3.30. The average molecular weight is 306 g/mol. The van der Waals surface area contributed by atoms with Crippen LogP contribution < -0.4 is 9.47 Å². The highest BCUT2D eigenvalue weighted by molar-refractivity contribution is 5.70. The van der Waals surface area contributed by atoms with E-state index in [0.29, 0.717) is 18.9 Å². The number of hydrogen-bond donors (Lipinski definition) is 1. The Kier molecular flexibility index (Phi) is 4.52. The Labute approximate surface area is 130 Å². The summed E-state index contributed by atoms with van der Waals surface area (Å²) in [6, 6.07) is 5.88. The third kappa shape index (κ3) is 3.35. The Bertz CT molecular complexity index is 542. The molecule has 5 heteroatoms. The number of fused-ring (bicyclic) bond motifs is 1. The summed E-state index contributed by atoms with van der Waals surface area (Å²) in [6.45, 7) is 0.705. The van der Waals surface area contributed by atoms with Crippen molar-refractivity contribution in [1.82, 2.24) is 0 Å². The van der Waals surface area contributed by atoms with Crippen LogP contribution in [0.2, 0.25) is 0 Å².